The molecule has 1 aliphatic carbocycles. The third-order valence-electron chi connectivity index (χ3n) is 2.14. The first-order chi connectivity index (χ1) is 6.03. The Morgan fingerprint density at radius 3 is 2.62 bits per heavy atom. The maximum Gasteiger partial charge on any atom is 0.166 e. The van der Waals surface area contributed by atoms with E-state index in [1.807, 2.05) is 13.8 Å². The summed E-state index contributed by atoms with van der Waals surface area (Å²) in [5.74, 6) is 0. The lowest BCUT2D eigenvalue weighted by molar-refractivity contribution is 0.0269. The van der Waals surface area contributed by atoms with Crippen molar-refractivity contribution in [1.82, 2.24) is 10.6 Å². The van der Waals surface area contributed by atoms with E-state index < -0.39 is 0 Å². The van der Waals surface area contributed by atoms with Gasteiger partial charge in [0, 0.05) is 19.7 Å². The minimum Gasteiger partial charge on any atom is -0.377 e. The highest BCUT2D eigenvalue weighted by Crippen LogP contribution is 2.18. The molecule has 0 radical (unpaired) electrons. The summed E-state index contributed by atoms with van der Waals surface area (Å²) >= 11 is 5.11. The van der Waals surface area contributed by atoms with Crippen molar-refractivity contribution in [3.63, 3.8) is 0 Å². The zero-order valence-corrected chi connectivity index (χ0v) is 9.33. The van der Waals surface area contributed by atoms with Crippen LogP contribution >= 0.6 is 12.2 Å². The number of hydrogen-bond acceptors (Lipinski definition) is 2. The van der Waals surface area contributed by atoms with Gasteiger partial charge in [0.05, 0.1) is 5.60 Å². The molecule has 2 N–H and O–H groups in total. The number of thiocarbonyl (C=S) groups is 1. The number of nitrogens with one attached hydrogen (secondary N) is 2. The largest absolute Gasteiger partial charge is 0.377 e. The zero-order chi connectivity index (χ0) is 9.90. The molecule has 1 saturated carbocycles. The highest BCUT2D eigenvalue weighted by molar-refractivity contribution is 7.80. The summed E-state index contributed by atoms with van der Waals surface area (Å²) in [6, 6.07) is 0.616. The first kappa shape index (κ1) is 10.7. The van der Waals surface area contributed by atoms with Gasteiger partial charge in [0.15, 0.2) is 5.11 Å². The van der Waals surface area contributed by atoms with Gasteiger partial charge in [-0.2, -0.15) is 0 Å². The normalized spacial score (nSPS) is 16.8. The van der Waals surface area contributed by atoms with Gasteiger partial charge in [-0.1, -0.05) is 0 Å². The van der Waals surface area contributed by atoms with Crippen molar-refractivity contribution in [3.8, 4) is 0 Å². The van der Waals surface area contributed by atoms with Crippen molar-refractivity contribution in [1.29, 1.82) is 0 Å². The average Bonchev–Trinajstić information content (AvgIpc) is 2.85. The molecule has 1 rings (SSSR count). The van der Waals surface area contributed by atoms with Crippen LogP contribution in [0.1, 0.15) is 26.7 Å². The van der Waals surface area contributed by atoms with Gasteiger partial charge in [-0.25, -0.2) is 0 Å². The van der Waals surface area contributed by atoms with Crippen LogP contribution in [0.15, 0.2) is 0 Å². The summed E-state index contributed by atoms with van der Waals surface area (Å²) < 4.78 is 5.26. The van der Waals surface area contributed by atoms with E-state index in [0.717, 1.165) is 11.7 Å². The van der Waals surface area contributed by atoms with Gasteiger partial charge in [0.1, 0.15) is 0 Å². The molecule has 0 amide bonds. The van der Waals surface area contributed by atoms with E-state index >= 15 is 0 Å². The Bertz CT molecular complexity index is 190. The zero-order valence-electron chi connectivity index (χ0n) is 8.52. The second kappa shape index (κ2) is 4.24. The molecule has 0 aromatic rings. The van der Waals surface area contributed by atoms with Gasteiger partial charge >= 0.3 is 0 Å². The van der Waals surface area contributed by atoms with E-state index in [1.165, 1.54) is 12.8 Å². The van der Waals surface area contributed by atoms with Gasteiger partial charge in [-0.15, -0.1) is 0 Å². The lowest BCUT2D eigenvalue weighted by Gasteiger charge is -2.24. The van der Waals surface area contributed by atoms with Crippen LogP contribution in [0.3, 0.4) is 0 Å². The molecule has 4 heteroatoms. The van der Waals surface area contributed by atoms with Gasteiger partial charge < -0.3 is 15.4 Å². The van der Waals surface area contributed by atoms with Gasteiger partial charge in [-0.05, 0) is 38.9 Å². The van der Waals surface area contributed by atoms with Gasteiger partial charge in [-0.3, -0.25) is 0 Å². The number of ether oxygens (including phenoxy) is 1. The molecule has 0 bridgehead atoms. The van der Waals surface area contributed by atoms with Crippen LogP contribution in [0.2, 0.25) is 0 Å². The van der Waals surface area contributed by atoms with Crippen molar-refractivity contribution in [2.24, 2.45) is 0 Å². The highest BCUT2D eigenvalue weighted by atomic mass is 32.1. The molecule has 0 saturated heterocycles. The van der Waals surface area contributed by atoms with E-state index in [2.05, 4.69) is 10.6 Å². The number of methoxy groups -OCH3 is 1. The average molecular weight is 202 g/mol. The minimum atomic E-state index is -0.157. The van der Waals surface area contributed by atoms with Crippen LogP contribution in [-0.2, 0) is 4.74 Å². The fraction of sp³-hybridized carbons (Fsp3) is 0.889. The number of hydrogen-bond donors (Lipinski definition) is 2. The van der Waals surface area contributed by atoms with Crippen LogP contribution in [-0.4, -0.2) is 30.4 Å². The van der Waals surface area contributed by atoms with Crippen LogP contribution in [0.5, 0.6) is 0 Å². The van der Waals surface area contributed by atoms with Crippen molar-refractivity contribution < 1.29 is 4.74 Å². The fourth-order valence-electron chi connectivity index (χ4n) is 0.829. The quantitative estimate of drug-likeness (QED) is 0.667. The van der Waals surface area contributed by atoms with Crippen molar-refractivity contribution in [2.45, 2.75) is 38.3 Å². The minimum absolute atomic E-state index is 0.157. The lowest BCUT2D eigenvalue weighted by atomic mass is 10.1. The second-order valence-corrected chi connectivity index (χ2v) is 4.47. The van der Waals surface area contributed by atoms with Gasteiger partial charge in [0.25, 0.3) is 0 Å². The molecule has 0 atom stereocenters. The van der Waals surface area contributed by atoms with Crippen LogP contribution < -0.4 is 10.6 Å². The molecule has 1 aliphatic rings. The Kier molecular flexibility index (Phi) is 3.50. The maximum absolute atomic E-state index is 5.26. The molecular formula is C9H18N2OS. The maximum atomic E-state index is 5.26. The van der Waals surface area contributed by atoms with Gasteiger partial charge in [0.2, 0.25) is 0 Å². The summed E-state index contributed by atoms with van der Waals surface area (Å²) in [5, 5.41) is 7.10. The SMILES string of the molecule is COC(C)(C)CNC(=S)NC1CC1. The Morgan fingerprint density at radius 2 is 2.15 bits per heavy atom. The first-order valence-corrected chi connectivity index (χ1v) is 5.04. The predicted octanol–water partition coefficient (Wildman–Crippen LogP) is 1.04. The van der Waals surface area contributed by atoms with Crippen LogP contribution in [0.25, 0.3) is 0 Å². The molecule has 13 heavy (non-hydrogen) atoms. The monoisotopic (exact) mass is 202 g/mol. The summed E-state index contributed by atoms with van der Waals surface area (Å²) in [5.41, 5.74) is -0.157. The molecule has 0 unspecified atom stereocenters. The van der Waals surface area contributed by atoms with E-state index in [9.17, 15) is 0 Å². The van der Waals surface area contributed by atoms with E-state index in [1.54, 1.807) is 7.11 Å². The molecule has 1 fully saturated rings. The Balaban J connectivity index is 2.13. The molecule has 76 valence electrons. The summed E-state index contributed by atoms with van der Waals surface area (Å²) in [4.78, 5) is 0. The van der Waals surface area contributed by atoms with Crippen molar-refractivity contribution >= 4 is 17.3 Å². The topological polar surface area (TPSA) is 33.3 Å². The van der Waals surface area contributed by atoms with Crippen LogP contribution in [0, 0.1) is 0 Å². The third-order valence-corrected chi connectivity index (χ3v) is 2.40. The Labute approximate surface area is 85.2 Å². The summed E-state index contributed by atoms with van der Waals surface area (Å²) in [7, 11) is 1.71. The molecule has 0 aromatic carbocycles. The van der Waals surface area contributed by atoms with E-state index in [-0.39, 0.29) is 5.60 Å². The first-order valence-electron chi connectivity index (χ1n) is 4.63. The smallest absolute Gasteiger partial charge is 0.166 e. The standard InChI is InChI=1S/C9H18N2OS/c1-9(2,12-3)6-10-8(13)11-7-4-5-7/h7H,4-6H2,1-3H3,(H2,10,11,13). The fourth-order valence-corrected chi connectivity index (χ4v) is 1.07. The van der Waals surface area contributed by atoms with Crippen molar-refractivity contribution in [3.05, 3.63) is 0 Å². The van der Waals surface area contributed by atoms with E-state index in [4.69, 9.17) is 17.0 Å². The predicted molar refractivity (Wildman–Crippen MR) is 57.8 cm³/mol. The summed E-state index contributed by atoms with van der Waals surface area (Å²) in [6.07, 6.45) is 2.49. The molecular weight excluding hydrogens is 184 g/mol. The number of rotatable bonds is 4. The van der Waals surface area contributed by atoms with E-state index in [0.29, 0.717) is 6.04 Å². The molecule has 0 aliphatic heterocycles. The van der Waals surface area contributed by atoms with Crippen LogP contribution in [0.4, 0.5) is 0 Å². The Morgan fingerprint density at radius 1 is 1.54 bits per heavy atom. The Hall–Kier alpha value is -0.350. The highest BCUT2D eigenvalue weighted by Gasteiger charge is 2.22. The summed E-state index contributed by atoms with van der Waals surface area (Å²) in [6.45, 7) is 4.79. The molecule has 0 spiro atoms. The molecule has 0 aromatic heterocycles. The molecule has 3 nitrogen and oxygen atoms in total. The lowest BCUT2D eigenvalue weighted by Crippen LogP contribution is -2.44. The molecule has 0 heterocycles. The second-order valence-electron chi connectivity index (χ2n) is 4.07. The third kappa shape index (κ3) is 4.43. The van der Waals surface area contributed by atoms with Crippen molar-refractivity contribution in [2.75, 3.05) is 13.7 Å².